The van der Waals surface area contributed by atoms with Gasteiger partial charge in [0.05, 0.1) is 12.0 Å². The number of rotatable bonds is 4. The lowest BCUT2D eigenvalue weighted by atomic mass is 10.0. The summed E-state index contributed by atoms with van der Waals surface area (Å²) in [7, 11) is 0. The van der Waals surface area contributed by atoms with Crippen LogP contribution in [0, 0.1) is 5.82 Å². The fourth-order valence-electron chi connectivity index (χ4n) is 3.30. The zero-order valence-electron chi connectivity index (χ0n) is 14.9. The van der Waals surface area contributed by atoms with Crippen molar-refractivity contribution in [3.05, 3.63) is 82.6 Å². The Labute approximate surface area is 166 Å². The number of carbonyl (C=O) groups is 1. The van der Waals surface area contributed by atoms with Crippen LogP contribution in [0.1, 0.15) is 18.1 Å². The third-order valence-corrected chi connectivity index (χ3v) is 4.86. The lowest BCUT2D eigenvalue weighted by Gasteiger charge is -2.24. The van der Waals surface area contributed by atoms with Crippen molar-refractivity contribution in [1.29, 1.82) is 0 Å². The number of hydrogen-bond acceptors (Lipinski definition) is 3. The van der Waals surface area contributed by atoms with Gasteiger partial charge in [-0.05, 0) is 35.4 Å². The van der Waals surface area contributed by atoms with Gasteiger partial charge in [0.15, 0.2) is 11.5 Å². The van der Waals surface area contributed by atoms with Gasteiger partial charge in [0.2, 0.25) is 0 Å². The van der Waals surface area contributed by atoms with E-state index in [1.807, 2.05) is 24.3 Å². The van der Waals surface area contributed by atoms with Crippen LogP contribution in [0.5, 0.6) is 11.5 Å². The lowest BCUT2D eigenvalue weighted by molar-refractivity contribution is -0.136. The van der Waals surface area contributed by atoms with Crippen molar-refractivity contribution in [1.82, 2.24) is 0 Å². The van der Waals surface area contributed by atoms with Gasteiger partial charge in [0.1, 0.15) is 5.82 Å². The molecule has 0 saturated heterocycles. The number of halogens is 2. The summed E-state index contributed by atoms with van der Waals surface area (Å²) in [6.07, 6.45) is -0.0410. The molecule has 1 aliphatic heterocycles. The standard InChI is InChI=1S/C22H16ClFO4/c1-22(17-10-9-15(23)12-18(17)24)27-19-4-2-3-16(21(19)28-22)14-7-5-13(6-8-14)11-20(25)26/h2-10,12H,11H2,1H3,(H,25,26). The summed E-state index contributed by atoms with van der Waals surface area (Å²) in [6, 6.07) is 17.0. The van der Waals surface area contributed by atoms with Gasteiger partial charge in [-0.25, -0.2) is 4.39 Å². The molecular formula is C22H16ClFO4. The van der Waals surface area contributed by atoms with Crippen molar-refractivity contribution in [2.24, 2.45) is 0 Å². The van der Waals surface area contributed by atoms with E-state index in [0.717, 1.165) is 11.1 Å². The molecule has 28 heavy (non-hydrogen) atoms. The lowest BCUT2D eigenvalue weighted by Crippen LogP contribution is -2.32. The van der Waals surface area contributed by atoms with Crippen molar-refractivity contribution >= 4 is 17.6 Å². The summed E-state index contributed by atoms with van der Waals surface area (Å²) in [5.41, 5.74) is 2.57. The highest BCUT2D eigenvalue weighted by molar-refractivity contribution is 6.30. The maximum absolute atomic E-state index is 14.5. The molecule has 0 radical (unpaired) electrons. The van der Waals surface area contributed by atoms with E-state index in [1.54, 1.807) is 37.3 Å². The largest absolute Gasteiger partial charge is 0.481 e. The van der Waals surface area contributed by atoms with Crippen LogP contribution in [0.15, 0.2) is 60.7 Å². The minimum absolute atomic E-state index is 0.0410. The molecule has 0 aliphatic carbocycles. The quantitative estimate of drug-likeness (QED) is 0.637. The fourth-order valence-corrected chi connectivity index (χ4v) is 3.46. The third kappa shape index (κ3) is 3.29. The van der Waals surface area contributed by atoms with Gasteiger partial charge in [-0.1, -0.05) is 48.0 Å². The minimum atomic E-state index is -1.32. The third-order valence-electron chi connectivity index (χ3n) is 4.62. The summed E-state index contributed by atoms with van der Waals surface area (Å²) < 4.78 is 26.5. The fraction of sp³-hybridized carbons (Fsp3) is 0.136. The normalized spacial score (nSPS) is 17.5. The SMILES string of the molecule is CC1(c2ccc(Cl)cc2F)Oc2cccc(-c3ccc(CC(=O)O)cc3)c2O1. The predicted octanol–water partition coefficient (Wildman–Crippen LogP) is 5.42. The first-order chi connectivity index (χ1) is 13.4. The smallest absolute Gasteiger partial charge is 0.307 e. The van der Waals surface area contributed by atoms with Crippen LogP contribution in [0.25, 0.3) is 11.1 Å². The molecular weight excluding hydrogens is 383 g/mol. The van der Waals surface area contributed by atoms with E-state index in [4.69, 9.17) is 26.2 Å². The van der Waals surface area contributed by atoms with Gasteiger partial charge >= 0.3 is 5.97 Å². The number of benzene rings is 3. The Bertz CT molecular complexity index is 1060. The van der Waals surface area contributed by atoms with E-state index in [1.165, 1.54) is 6.07 Å². The Balaban J connectivity index is 1.70. The van der Waals surface area contributed by atoms with Gasteiger partial charge in [0, 0.05) is 17.5 Å². The van der Waals surface area contributed by atoms with E-state index in [0.29, 0.717) is 22.1 Å². The molecule has 142 valence electrons. The Morgan fingerprint density at radius 2 is 1.86 bits per heavy atom. The molecule has 1 N–H and O–H groups in total. The molecule has 0 bridgehead atoms. The monoisotopic (exact) mass is 398 g/mol. The van der Waals surface area contributed by atoms with Gasteiger partial charge in [-0.2, -0.15) is 0 Å². The van der Waals surface area contributed by atoms with Crippen LogP contribution in [-0.4, -0.2) is 11.1 Å². The molecule has 1 heterocycles. The van der Waals surface area contributed by atoms with Gasteiger partial charge in [-0.3, -0.25) is 4.79 Å². The number of para-hydroxylation sites is 1. The van der Waals surface area contributed by atoms with Crippen LogP contribution in [0.4, 0.5) is 4.39 Å². The van der Waals surface area contributed by atoms with Crippen LogP contribution in [0.3, 0.4) is 0 Å². The number of fused-ring (bicyclic) bond motifs is 1. The highest BCUT2D eigenvalue weighted by Crippen LogP contribution is 2.49. The molecule has 0 fully saturated rings. The van der Waals surface area contributed by atoms with Gasteiger partial charge in [0.25, 0.3) is 5.79 Å². The molecule has 6 heteroatoms. The van der Waals surface area contributed by atoms with E-state index < -0.39 is 17.6 Å². The molecule has 4 rings (SSSR count). The highest BCUT2D eigenvalue weighted by Gasteiger charge is 2.42. The molecule has 1 unspecified atom stereocenters. The minimum Gasteiger partial charge on any atom is -0.481 e. The molecule has 3 aromatic rings. The molecule has 4 nitrogen and oxygen atoms in total. The second kappa shape index (κ2) is 6.84. The molecule has 3 aromatic carbocycles. The van der Waals surface area contributed by atoms with Crippen LogP contribution < -0.4 is 9.47 Å². The number of carboxylic acids is 1. The Hall–Kier alpha value is -3.05. The molecule has 1 atom stereocenters. The van der Waals surface area contributed by atoms with Crippen molar-refractivity contribution in [2.45, 2.75) is 19.1 Å². The van der Waals surface area contributed by atoms with Crippen LogP contribution in [-0.2, 0) is 17.0 Å². The average Bonchev–Trinajstić information content (AvgIpc) is 2.98. The topological polar surface area (TPSA) is 55.8 Å². The van der Waals surface area contributed by atoms with E-state index in [-0.39, 0.29) is 12.0 Å². The Kier molecular flexibility index (Phi) is 4.47. The zero-order chi connectivity index (χ0) is 19.9. The Morgan fingerprint density at radius 1 is 1.11 bits per heavy atom. The maximum Gasteiger partial charge on any atom is 0.307 e. The number of hydrogen-bond donors (Lipinski definition) is 1. The number of carboxylic acid groups (broad SMARTS) is 1. The molecule has 1 aliphatic rings. The van der Waals surface area contributed by atoms with E-state index in [2.05, 4.69) is 0 Å². The van der Waals surface area contributed by atoms with Crippen molar-refractivity contribution < 1.29 is 23.8 Å². The highest BCUT2D eigenvalue weighted by atomic mass is 35.5. The van der Waals surface area contributed by atoms with E-state index >= 15 is 0 Å². The second-order valence-corrected chi connectivity index (χ2v) is 7.11. The molecule has 0 aromatic heterocycles. The van der Waals surface area contributed by atoms with Gasteiger partial charge < -0.3 is 14.6 Å². The second-order valence-electron chi connectivity index (χ2n) is 6.67. The number of aliphatic carboxylic acids is 1. The summed E-state index contributed by atoms with van der Waals surface area (Å²) >= 11 is 5.85. The predicted molar refractivity (Wildman–Crippen MR) is 103 cm³/mol. The zero-order valence-corrected chi connectivity index (χ0v) is 15.7. The van der Waals surface area contributed by atoms with Crippen molar-refractivity contribution in [3.63, 3.8) is 0 Å². The van der Waals surface area contributed by atoms with Crippen molar-refractivity contribution in [3.8, 4) is 22.6 Å². The first kappa shape index (κ1) is 18.3. The van der Waals surface area contributed by atoms with E-state index in [9.17, 15) is 9.18 Å². The summed E-state index contributed by atoms with van der Waals surface area (Å²) in [4.78, 5) is 10.9. The molecule has 0 saturated carbocycles. The average molecular weight is 399 g/mol. The Morgan fingerprint density at radius 3 is 2.54 bits per heavy atom. The molecule has 0 amide bonds. The summed E-state index contributed by atoms with van der Waals surface area (Å²) in [5, 5.41) is 9.20. The summed E-state index contributed by atoms with van der Waals surface area (Å²) in [5.74, 6) is -1.71. The number of ether oxygens (including phenoxy) is 2. The van der Waals surface area contributed by atoms with Crippen molar-refractivity contribution in [2.75, 3.05) is 0 Å². The van der Waals surface area contributed by atoms with Crippen LogP contribution >= 0.6 is 11.6 Å². The summed E-state index contributed by atoms with van der Waals surface area (Å²) in [6.45, 7) is 1.65. The first-order valence-electron chi connectivity index (χ1n) is 8.63. The molecule has 0 spiro atoms. The maximum atomic E-state index is 14.5. The van der Waals surface area contributed by atoms with Gasteiger partial charge in [-0.15, -0.1) is 0 Å². The first-order valence-corrected chi connectivity index (χ1v) is 9.01. The van der Waals surface area contributed by atoms with Crippen LogP contribution in [0.2, 0.25) is 5.02 Å².